The number of para-hydroxylation sites is 2. The number of ether oxygens (including phenoxy) is 1. The molecule has 5 nitrogen and oxygen atoms in total. The van der Waals surface area contributed by atoms with Crippen molar-refractivity contribution < 1.29 is 4.74 Å². The Balaban J connectivity index is 2.03. The van der Waals surface area contributed by atoms with Gasteiger partial charge in [0.1, 0.15) is 11.6 Å². The van der Waals surface area contributed by atoms with E-state index in [2.05, 4.69) is 21.4 Å². The van der Waals surface area contributed by atoms with Crippen molar-refractivity contribution in [2.75, 3.05) is 23.5 Å². The van der Waals surface area contributed by atoms with Crippen molar-refractivity contribution in [2.24, 2.45) is 5.84 Å². The van der Waals surface area contributed by atoms with Crippen LogP contribution >= 0.6 is 0 Å². The van der Waals surface area contributed by atoms with Crippen molar-refractivity contribution in [2.45, 2.75) is 6.42 Å². The Bertz CT molecular complexity index is 573. The second kappa shape index (κ2) is 5.16. The fourth-order valence-electron chi connectivity index (χ4n) is 2.26. The summed E-state index contributed by atoms with van der Waals surface area (Å²) in [6, 6.07) is 12.0. The van der Waals surface area contributed by atoms with Gasteiger partial charge in [-0.25, -0.2) is 10.8 Å². The molecule has 1 aromatic heterocycles. The van der Waals surface area contributed by atoms with Crippen LogP contribution in [0.15, 0.2) is 42.6 Å². The number of hydrogen-bond donors (Lipinski definition) is 2. The Morgan fingerprint density at radius 3 is 3.05 bits per heavy atom. The van der Waals surface area contributed by atoms with Crippen LogP contribution in [0.25, 0.3) is 0 Å². The number of hydrogen-bond acceptors (Lipinski definition) is 5. The Morgan fingerprint density at radius 2 is 2.16 bits per heavy atom. The average molecular weight is 256 g/mol. The lowest BCUT2D eigenvalue weighted by molar-refractivity contribution is 0.322. The maximum Gasteiger partial charge on any atom is 0.142 e. The largest absolute Gasteiger partial charge is 0.491 e. The SMILES string of the molecule is NNc1cc(N2CCCOc3ccccc32)ccn1. The summed E-state index contributed by atoms with van der Waals surface area (Å²) >= 11 is 0. The van der Waals surface area contributed by atoms with Gasteiger partial charge in [-0.3, -0.25) is 0 Å². The number of aromatic nitrogens is 1. The number of nitrogens with zero attached hydrogens (tertiary/aromatic N) is 2. The zero-order valence-corrected chi connectivity index (χ0v) is 10.5. The van der Waals surface area contributed by atoms with E-state index in [1.54, 1.807) is 6.20 Å². The highest BCUT2D eigenvalue weighted by Crippen LogP contribution is 2.35. The third-order valence-electron chi connectivity index (χ3n) is 3.14. The lowest BCUT2D eigenvalue weighted by Crippen LogP contribution is -2.18. The first-order valence-corrected chi connectivity index (χ1v) is 6.30. The first kappa shape index (κ1) is 11.8. The van der Waals surface area contributed by atoms with E-state index >= 15 is 0 Å². The molecule has 3 N–H and O–H groups in total. The molecule has 0 amide bonds. The summed E-state index contributed by atoms with van der Waals surface area (Å²) < 4.78 is 5.76. The third-order valence-corrected chi connectivity index (χ3v) is 3.14. The van der Waals surface area contributed by atoms with Crippen LogP contribution in [-0.2, 0) is 0 Å². The summed E-state index contributed by atoms with van der Waals surface area (Å²) in [5.74, 6) is 6.99. The van der Waals surface area contributed by atoms with Crippen molar-refractivity contribution in [1.29, 1.82) is 0 Å². The molecule has 0 atom stereocenters. The van der Waals surface area contributed by atoms with Gasteiger partial charge in [0, 0.05) is 24.5 Å². The highest BCUT2D eigenvalue weighted by Gasteiger charge is 2.17. The zero-order valence-electron chi connectivity index (χ0n) is 10.5. The van der Waals surface area contributed by atoms with Gasteiger partial charge in [-0.2, -0.15) is 0 Å². The second-order valence-corrected chi connectivity index (χ2v) is 4.36. The van der Waals surface area contributed by atoms with Crippen LogP contribution in [0.5, 0.6) is 5.75 Å². The summed E-state index contributed by atoms with van der Waals surface area (Å²) in [5.41, 5.74) is 4.71. The van der Waals surface area contributed by atoms with Gasteiger partial charge in [-0.15, -0.1) is 0 Å². The first-order chi connectivity index (χ1) is 9.38. The summed E-state index contributed by atoms with van der Waals surface area (Å²) in [7, 11) is 0. The van der Waals surface area contributed by atoms with Crippen LogP contribution in [0.4, 0.5) is 17.2 Å². The highest BCUT2D eigenvalue weighted by atomic mass is 16.5. The number of nitrogens with one attached hydrogen (secondary N) is 1. The molecular weight excluding hydrogens is 240 g/mol. The van der Waals surface area contributed by atoms with E-state index in [9.17, 15) is 0 Å². The second-order valence-electron chi connectivity index (χ2n) is 4.36. The van der Waals surface area contributed by atoms with Gasteiger partial charge in [0.15, 0.2) is 0 Å². The maximum atomic E-state index is 5.76. The minimum Gasteiger partial charge on any atom is -0.491 e. The van der Waals surface area contributed by atoms with Gasteiger partial charge >= 0.3 is 0 Å². The Morgan fingerprint density at radius 1 is 1.26 bits per heavy atom. The van der Waals surface area contributed by atoms with E-state index in [0.29, 0.717) is 5.82 Å². The molecule has 2 aromatic rings. The molecular formula is C14H16N4O. The lowest BCUT2D eigenvalue weighted by Gasteiger charge is -2.24. The van der Waals surface area contributed by atoms with Crippen LogP contribution in [0.1, 0.15) is 6.42 Å². The first-order valence-electron chi connectivity index (χ1n) is 6.30. The summed E-state index contributed by atoms with van der Waals surface area (Å²) in [6.07, 6.45) is 2.72. The van der Waals surface area contributed by atoms with E-state index in [0.717, 1.165) is 36.7 Å². The number of nitrogen functional groups attached to an aromatic ring is 1. The molecule has 0 spiro atoms. The van der Waals surface area contributed by atoms with E-state index in [4.69, 9.17) is 10.6 Å². The highest BCUT2D eigenvalue weighted by molar-refractivity contribution is 5.70. The van der Waals surface area contributed by atoms with E-state index in [1.165, 1.54) is 0 Å². The van der Waals surface area contributed by atoms with Gasteiger partial charge in [0.25, 0.3) is 0 Å². The van der Waals surface area contributed by atoms with Crippen LogP contribution in [0, 0.1) is 0 Å². The molecule has 0 saturated carbocycles. The molecule has 0 bridgehead atoms. The van der Waals surface area contributed by atoms with Gasteiger partial charge in [0.05, 0.1) is 12.3 Å². The third kappa shape index (κ3) is 2.32. The van der Waals surface area contributed by atoms with Crippen molar-refractivity contribution in [3.63, 3.8) is 0 Å². The van der Waals surface area contributed by atoms with Gasteiger partial charge < -0.3 is 15.1 Å². The number of anilines is 3. The van der Waals surface area contributed by atoms with E-state index in [1.807, 2.05) is 30.3 Å². The topological polar surface area (TPSA) is 63.4 Å². The van der Waals surface area contributed by atoms with Crippen molar-refractivity contribution in [1.82, 2.24) is 4.98 Å². The molecule has 0 fully saturated rings. The lowest BCUT2D eigenvalue weighted by atomic mass is 10.2. The minimum atomic E-state index is 0.653. The van der Waals surface area contributed by atoms with Gasteiger partial charge in [-0.1, -0.05) is 12.1 Å². The molecule has 0 aliphatic carbocycles. The molecule has 2 heterocycles. The summed E-state index contributed by atoms with van der Waals surface area (Å²) in [5, 5.41) is 0. The molecule has 1 aliphatic rings. The minimum absolute atomic E-state index is 0.653. The Labute approximate surface area is 112 Å². The fourth-order valence-corrected chi connectivity index (χ4v) is 2.26. The Hall–Kier alpha value is -2.27. The normalized spacial score (nSPS) is 14.3. The number of fused-ring (bicyclic) bond motifs is 1. The smallest absolute Gasteiger partial charge is 0.142 e. The predicted molar refractivity (Wildman–Crippen MR) is 75.6 cm³/mol. The molecule has 0 radical (unpaired) electrons. The fraction of sp³-hybridized carbons (Fsp3) is 0.214. The van der Waals surface area contributed by atoms with Crippen LogP contribution < -0.4 is 20.9 Å². The molecule has 0 unspecified atom stereocenters. The predicted octanol–water partition coefficient (Wildman–Crippen LogP) is 2.29. The summed E-state index contributed by atoms with van der Waals surface area (Å²) in [6.45, 7) is 1.64. The van der Waals surface area contributed by atoms with Crippen molar-refractivity contribution in [3.8, 4) is 5.75 Å². The molecule has 1 aliphatic heterocycles. The molecule has 5 heteroatoms. The molecule has 98 valence electrons. The van der Waals surface area contributed by atoms with Gasteiger partial charge in [0.2, 0.25) is 0 Å². The van der Waals surface area contributed by atoms with Crippen LogP contribution in [0.3, 0.4) is 0 Å². The number of nitrogens with two attached hydrogens (primary N) is 1. The Kier molecular flexibility index (Phi) is 3.20. The molecule has 1 aromatic carbocycles. The van der Waals surface area contributed by atoms with Crippen molar-refractivity contribution in [3.05, 3.63) is 42.6 Å². The number of pyridine rings is 1. The molecule has 19 heavy (non-hydrogen) atoms. The van der Waals surface area contributed by atoms with Gasteiger partial charge in [-0.05, 0) is 24.6 Å². The molecule has 0 saturated heterocycles. The standard InChI is InChI=1S/C14H16N4O/c15-17-14-10-11(6-7-16-14)18-8-3-9-19-13-5-2-1-4-12(13)18/h1-2,4-7,10H,3,8-9,15H2,(H,16,17). The van der Waals surface area contributed by atoms with Crippen LogP contribution in [-0.4, -0.2) is 18.1 Å². The number of rotatable bonds is 2. The van der Waals surface area contributed by atoms with Crippen LogP contribution in [0.2, 0.25) is 0 Å². The van der Waals surface area contributed by atoms with E-state index < -0.39 is 0 Å². The number of hydrazine groups is 1. The summed E-state index contributed by atoms with van der Waals surface area (Å²) in [4.78, 5) is 6.37. The van der Waals surface area contributed by atoms with Crippen molar-refractivity contribution >= 4 is 17.2 Å². The average Bonchev–Trinajstić information content (AvgIpc) is 2.69. The number of benzene rings is 1. The monoisotopic (exact) mass is 256 g/mol. The zero-order chi connectivity index (χ0) is 13.1. The maximum absolute atomic E-state index is 5.76. The molecule has 3 rings (SSSR count). The van der Waals surface area contributed by atoms with E-state index in [-0.39, 0.29) is 0 Å². The quantitative estimate of drug-likeness (QED) is 0.637.